The smallest absolute Gasteiger partial charge is 0.0473 e. The summed E-state index contributed by atoms with van der Waals surface area (Å²) in [7, 11) is 0. The molecule has 0 N–H and O–H groups in total. The molecule has 0 saturated carbocycles. The van der Waals surface area contributed by atoms with E-state index in [4.69, 9.17) is 0 Å². The molecule has 0 aromatic heterocycles. The lowest BCUT2D eigenvalue weighted by Gasteiger charge is -1.31. The van der Waals surface area contributed by atoms with Gasteiger partial charge in [0.15, 0.2) is 0 Å². The molecule has 1 heteroatoms. The first kappa shape index (κ1) is 22.6. The van der Waals surface area contributed by atoms with Crippen LogP contribution in [0, 0.1) is 0 Å². The van der Waals surface area contributed by atoms with E-state index in [9.17, 15) is 0 Å². The number of hydrogen-bond donors (Lipinski definition) is 0. The van der Waals surface area contributed by atoms with E-state index in [0.29, 0.717) is 0 Å². The molecule has 0 amide bonds. The lowest BCUT2D eigenvalue weighted by atomic mass is 10.8. The van der Waals surface area contributed by atoms with E-state index < -0.39 is 0 Å². The predicted octanol–water partition coefficient (Wildman–Crippen LogP) is 1.98. The Kier molecular flexibility index (Phi) is 263. The van der Waals surface area contributed by atoms with E-state index >= 15 is 0 Å². The van der Waals surface area contributed by atoms with Crippen LogP contribution in [0.25, 0.3) is 0 Å². The molecule has 0 heterocycles. The molecule has 0 aromatic rings. The number of allylic oxidation sites excluding steroid dienone is 1. The Morgan fingerprint density at radius 2 is 1.60 bits per heavy atom. The molecule has 0 rings (SSSR count). The van der Waals surface area contributed by atoms with E-state index in [1.165, 1.54) is 0 Å². The molecule has 0 nitrogen and oxygen atoms in total. The van der Waals surface area contributed by atoms with Crippen LogP contribution >= 0.6 is 0 Å². The summed E-state index contributed by atoms with van der Waals surface area (Å²) >= 11 is 0. The molecule has 0 aliphatic carbocycles. The van der Waals surface area contributed by atoms with Gasteiger partial charge in [0.1, 0.15) is 0 Å². The van der Waals surface area contributed by atoms with E-state index in [1.54, 1.807) is 6.08 Å². The predicted molar refractivity (Wildman–Crippen MR) is 25.1 cm³/mol. The second-order valence-corrected chi connectivity index (χ2v) is 0.408. The summed E-state index contributed by atoms with van der Waals surface area (Å²) in [5.74, 6) is 0. The average molecular weight is 78.1 g/mol. The van der Waals surface area contributed by atoms with Crippen molar-refractivity contribution in [1.29, 1.82) is 0 Å². The van der Waals surface area contributed by atoms with Crippen molar-refractivity contribution in [2.24, 2.45) is 0 Å². The maximum Gasteiger partial charge on any atom is -0.0473 e. The molecule has 0 unspecified atom stereocenters. The first-order valence-corrected chi connectivity index (χ1v) is 0.986. The molecule has 0 saturated heterocycles. The largest absolute Gasteiger partial charge is 0.269 e. The molecule has 0 aliphatic heterocycles. The molecule has 0 radical (unpaired) electrons. The van der Waals surface area contributed by atoms with Gasteiger partial charge in [-0.2, -0.15) is 0 Å². The zero-order valence-corrected chi connectivity index (χ0v) is 2.69. The Bertz CT molecular complexity index is 11.1. The van der Waals surface area contributed by atoms with Crippen LogP contribution in [0.2, 0.25) is 0 Å². The van der Waals surface area contributed by atoms with Gasteiger partial charge in [-0.05, 0) is 6.92 Å². The second kappa shape index (κ2) is 58.3. The van der Waals surface area contributed by atoms with Crippen LogP contribution in [0.5, 0.6) is 0 Å². The van der Waals surface area contributed by atoms with Gasteiger partial charge in [-0.15, -0.1) is 6.58 Å². The first-order chi connectivity index (χ1) is 1.41. The monoisotopic (exact) mass is 78.1 g/mol. The van der Waals surface area contributed by atoms with Crippen LogP contribution in [0.3, 0.4) is 0 Å². The molecule has 0 aliphatic rings. The summed E-state index contributed by atoms with van der Waals surface area (Å²) in [4.78, 5) is 0. The minimum Gasteiger partial charge on any atom is -0.269 e. The first-order valence-electron chi connectivity index (χ1n) is 0.986. The summed E-state index contributed by atoms with van der Waals surface area (Å²) in [6.07, 6.45) is 1.75. The van der Waals surface area contributed by atoms with Crippen molar-refractivity contribution in [1.82, 2.24) is 0 Å². The zero-order chi connectivity index (χ0) is 2.71. The summed E-state index contributed by atoms with van der Waals surface area (Å²) in [6, 6.07) is 0. The van der Waals surface area contributed by atoms with Gasteiger partial charge in [0.25, 0.3) is 0 Å². The highest BCUT2D eigenvalue weighted by Gasteiger charge is 1.15. The Morgan fingerprint density at radius 1 is 1.60 bits per heavy atom. The minimum atomic E-state index is 0. The van der Waals surface area contributed by atoms with Crippen molar-refractivity contribution in [3.05, 3.63) is 12.7 Å². The molecule has 0 bridgehead atoms. The number of halogens is 1. The van der Waals surface area contributed by atoms with E-state index in [0.717, 1.165) is 0 Å². The Labute approximate surface area is 32.9 Å². The van der Waals surface area contributed by atoms with Crippen molar-refractivity contribution < 1.29 is 4.70 Å². The molecular formula is C4H11F. The van der Waals surface area contributed by atoms with E-state index in [2.05, 4.69) is 6.58 Å². The Balaban J connectivity index is -0.0000000200. The maximum atomic E-state index is 3.36. The quantitative estimate of drug-likeness (QED) is 0.389. The van der Waals surface area contributed by atoms with Crippen LogP contribution < -0.4 is 0 Å². The summed E-state index contributed by atoms with van der Waals surface area (Å²) in [5, 5.41) is 0. The maximum absolute atomic E-state index is 3.36. The molecule has 0 spiro atoms. The van der Waals surface area contributed by atoms with Crippen LogP contribution in [-0.2, 0) is 0 Å². The highest BCUT2D eigenvalue weighted by Crippen LogP contribution is 1.38. The lowest BCUT2D eigenvalue weighted by molar-refractivity contribution is 1.11. The van der Waals surface area contributed by atoms with Gasteiger partial charge in [-0.25, -0.2) is 0 Å². The molecule has 0 atom stereocenters. The fourth-order valence-corrected chi connectivity index (χ4v) is 0. The minimum absolute atomic E-state index is 0. The molecule has 5 heavy (non-hydrogen) atoms. The van der Waals surface area contributed by atoms with Gasteiger partial charge < -0.3 is 0 Å². The lowest BCUT2D eigenvalue weighted by Crippen LogP contribution is -1.07. The third-order valence-electron chi connectivity index (χ3n) is 0. The van der Waals surface area contributed by atoms with Gasteiger partial charge >= 0.3 is 0 Å². The van der Waals surface area contributed by atoms with E-state index in [1.807, 2.05) is 6.92 Å². The number of rotatable bonds is 0. The van der Waals surface area contributed by atoms with Gasteiger partial charge in [0.05, 0.1) is 0 Å². The standard InChI is InChI=1S/C3H6.CH4.FH/c1-3-2;;/h3H,1H2,2H3;1H4;1H. The molecule has 0 aromatic carbocycles. The van der Waals surface area contributed by atoms with E-state index in [-0.39, 0.29) is 12.1 Å². The fourth-order valence-electron chi connectivity index (χ4n) is 0. The SMILES string of the molecule is C.C=CC.F. The van der Waals surface area contributed by atoms with Crippen LogP contribution in [-0.4, -0.2) is 0 Å². The van der Waals surface area contributed by atoms with Gasteiger partial charge in [0.2, 0.25) is 0 Å². The summed E-state index contributed by atoms with van der Waals surface area (Å²) in [5.41, 5.74) is 0. The molecule has 34 valence electrons. The number of hydrogen-bond acceptors (Lipinski definition) is 0. The third-order valence-corrected chi connectivity index (χ3v) is 0. The van der Waals surface area contributed by atoms with Crippen molar-refractivity contribution in [2.75, 3.05) is 0 Å². The van der Waals surface area contributed by atoms with Crippen LogP contribution in [0.15, 0.2) is 12.7 Å². The molecular weight excluding hydrogens is 67.0 g/mol. The van der Waals surface area contributed by atoms with Gasteiger partial charge in [-0.3, -0.25) is 4.70 Å². The summed E-state index contributed by atoms with van der Waals surface area (Å²) < 4.78 is 0. The van der Waals surface area contributed by atoms with Gasteiger partial charge in [0, 0.05) is 0 Å². The average Bonchev–Trinajstić information content (AvgIpc) is 0.918. The summed E-state index contributed by atoms with van der Waals surface area (Å²) in [6.45, 7) is 5.25. The van der Waals surface area contributed by atoms with Crippen LogP contribution in [0.1, 0.15) is 14.4 Å². The second-order valence-electron chi connectivity index (χ2n) is 0.408. The molecule has 0 fully saturated rings. The van der Waals surface area contributed by atoms with Crippen molar-refractivity contribution in [3.8, 4) is 0 Å². The normalized spacial score (nSPS) is 2.60. The highest BCUT2D eigenvalue weighted by atomic mass is 19.0. The third kappa shape index (κ3) is 94.0. The van der Waals surface area contributed by atoms with Gasteiger partial charge in [-0.1, -0.05) is 13.5 Å². The Hall–Kier alpha value is -0.330. The topological polar surface area (TPSA) is 0 Å². The fraction of sp³-hybridized carbons (Fsp3) is 0.500. The van der Waals surface area contributed by atoms with Crippen LogP contribution in [0.4, 0.5) is 4.70 Å². The van der Waals surface area contributed by atoms with Crippen molar-refractivity contribution in [3.63, 3.8) is 0 Å². The van der Waals surface area contributed by atoms with Crippen molar-refractivity contribution in [2.45, 2.75) is 14.4 Å². The van der Waals surface area contributed by atoms with Crippen molar-refractivity contribution >= 4 is 0 Å². The zero-order valence-electron chi connectivity index (χ0n) is 2.69. The Morgan fingerprint density at radius 3 is 1.60 bits per heavy atom. The highest BCUT2D eigenvalue weighted by molar-refractivity contribution is 4.51.